The Morgan fingerprint density at radius 3 is 1.41 bits per heavy atom. The van der Waals surface area contributed by atoms with Crippen LogP contribution in [0.4, 0.5) is 0 Å². The van der Waals surface area contributed by atoms with Crippen molar-refractivity contribution < 1.29 is 9.90 Å². The fraction of sp³-hybridized carbons (Fsp3) is 0.174. The van der Waals surface area contributed by atoms with Gasteiger partial charge in [-0.25, -0.2) is 0 Å². The van der Waals surface area contributed by atoms with E-state index >= 15 is 0 Å². The van der Waals surface area contributed by atoms with E-state index in [-0.39, 0.29) is 6.42 Å². The SMILES string of the molecule is O=C(O)CCCC[As](Br)(c1ccccc1)(c1ccccc1)c1ccccc1. The summed E-state index contributed by atoms with van der Waals surface area (Å²) in [6, 6.07) is 32.0. The summed E-state index contributed by atoms with van der Waals surface area (Å²) in [5, 5.41) is 10.00. The van der Waals surface area contributed by atoms with Crippen LogP contribution in [0.25, 0.3) is 0 Å². The number of rotatable bonds is 8. The molecule has 3 aromatic rings. The second-order valence-electron chi connectivity index (χ2n) is 6.76. The van der Waals surface area contributed by atoms with Crippen LogP contribution in [0.2, 0.25) is 5.21 Å². The summed E-state index contributed by atoms with van der Waals surface area (Å²) >= 11 is 4.42. The molecule has 0 radical (unpaired) electrons. The molecule has 27 heavy (non-hydrogen) atoms. The van der Waals surface area contributed by atoms with Gasteiger partial charge >= 0.3 is 169 Å². The van der Waals surface area contributed by atoms with Crippen LogP contribution in [0.15, 0.2) is 91.0 Å². The van der Waals surface area contributed by atoms with Crippen molar-refractivity contribution in [2.75, 3.05) is 0 Å². The number of hydrogen-bond acceptors (Lipinski definition) is 1. The van der Waals surface area contributed by atoms with Crippen LogP contribution in [0, 0.1) is 0 Å². The molecule has 3 rings (SSSR count). The average Bonchev–Trinajstić information content (AvgIpc) is 2.73. The summed E-state index contributed by atoms with van der Waals surface area (Å²) in [6.45, 7) is 0. The fourth-order valence-corrected chi connectivity index (χ4v) is 18.9. The van der Waals surface area contributed by atoms with Gasteiger partial charge in [0.15, 0.2) is 0 Å². The van der Waals surface area contributed by atoms with Gasteiger partial charge in [-0.2, -0.15) is 0 Å². The number of benzene rings is 3. The van der Waals surface area contributed by atoms with Gasteiger partial charge in [-0.05, 0) is 0 Å². The maximum absolute atomic E-state index is 11.0. The Kier molecular flexibility index (Phi) is 6.24. The first-order chi connectivity index (χ1) is 13.1. The third-order valence-electron chi connectivity index (χ3n) is 5.10. The Labute approximate surface area is 168 Å². The minimum absolute atomic E-state index is 0.214. The Morgan fingerprint density at radius 2 is 1.07 bits per heavy atom. The van der Waals surface area contributed by atoms with E-state index in [0.717, 1.165) is 11.6 Å². The number of hydrogen-bond donors (Lipinski definition) is 1. The molecule has 0 aromatic heterocycles. The second kappa shape index (κ2) is 8.46. The first-order valence-electron chi connectivity index (χ1n) is 9.17. The topological polar surface area (TPSA) is 37.3 Å². The van der Waals surface area contributed by atoms with Gasteiger partial charge in [0, 0.05) is 0 Å². The molecule has 2 nitrogen and oxygen atoms in total. The summed E-state index contributed by atoms with van der Waals surface area (Å²) in [5.41, 5.74) is 0. The van der Waals surface area contributed by atoms with E-state index < -0.39 is 16.6 Å². The zero-order chi connectivity index (χ0) is 19.2. The van der Waals surface area contributed by atoms with Crippen LogP contribution < -0.4 is 13.1 Å². The van der Waals surface area contributed by atoms with Crippen LogP contribution in [0.3, 0.4) is 0 Å². The summed E-state index contributed by atoms with van der Waals surface area (Å²) in [5.74, 6) is -0.727. The number of carboxylic acids is 1. The first kappa shape index (κ1) is 19.9. The number of carbonyl (C=O) groups is 1. The van der Waals surface area contributed by atoms with E-state index in [9.17, 15) is 4.79 Å². The molecule has 3 aromatic carbocycles. The normalized spacial score (nSPS) is 12.9. The van der Waals surface area contributed by atoms with E-state index in [2.05, 4.69) is 86.7 Å². The number of carboxylic acid groups (broad SMARTS) is 1. The van der Waals surface area contributed by atoms with E-state index in [1.165, 1.54) is 13.1 Å². The summed E-state index contributed by atoms with van der Waals surface area (Å²) in [7, 11) is -3.61. The van der Waals surface area contributed by atoms with Crippen molar-refractivity contribution >= 4 is 43.5 Å². The quantitative estimate of drug-likeness (QED) is 0.381. The Morgan fingerprint density at radius 1 is 0.704 bits per heavy atom. The van der Waals surface area contributed by atoms with Crippen molar-refractivity contribution in [3.63, 3.8) is 0 Å². The monoisotopic (exact) mass is 486 g/mol. The molecule has 0 aliphatic carbocycles. The maximum atomic E-state index is 11.0. The predicted molar refractivity (Wildman–Crippen MR) is 119 cm³/mol. The molecule has 4 heteroatoms. The molecule has 0 aliphatic heterocycles. The third kappa shape index (κ3) is 3.90. The van der Waals surface area contributed by atoms with Gasteiger partial charge in [0.25, 0.3) is 0 Å². The van der Waals surface area contributed by atoms with Crippen LogP contribution >= 0.6 is 13.9 Å². The molecule has 0 heterocycles. The molecule has 0 bridgehead atoms. The number of aliphatic carboxylic acids is 1. The van der Waals surface area contributed by atoms with E-state index in [0.29, 0.717) is 6.42 Å². The molecule has 0 unspecified atom stereocenters. The van der Waals surface area contributed by atoms with Crippen LogP contribution in [-0.4, -0.2) is 21.7 Å². The predicted octanol–water partition coefficient (Wildman–Crippen LogP) is 4.26. The molecule has 0 saturated heterocycles. The molecule has 0 saturated carbocycles. The van der Waals surface area contributed by atoms with Crippen LogP contribution in [0.1, 0.15) is 19.3 Å². The average molecular weight is 487 g/mol. The summed E-state index contributed by atoms with van der Waals surface area (Å²) < 4.78 is 3.97. The Balaban J connectivity index is 2.21. The molecular formula is C23H24AsBrO2. The summed E-state index contributed by atoms with van der Waals surface area (Å²) in [6.07, 6.45) is 1.76. The Hall–Kier alpha value is -1.83. The zero-order valence-corrected chi connectivity index (χ0v) is 18.6. The standard InChI is InChI=1S/C23H24AsBrO2/c25-24(19-11-10-18-23(26)27,20-12-4-1-5-13-20,21-14-6-2-7-15-21)22-16-8-3-9-17-22/h1-9,12-17H,10-11,18-19H2,(H,26,27). The van der Waals surface area contributed by atoms with Crippen molar-refractivity contribution in [3.8, 4) is 0 Å². The molecule has 0 amide bonds. The van der Waals surface area contributed by atoms with E-state index in [4.69, 9.17) is 5.11 Å². The second-order valence-corrected chi connectivity index (χ2v) is 24.1. The van der Waals surface area contributed by atoms with Gasteiger partial charge < -0.3 is 0 Å². The van der Waals surface area contributed by atoms with Gasteiger partial charge in [0.05, 0.1) is 0 Å². The fourth-order valence-electron chi connectivity index (χ4n) is 3.74. The molecule has 1 N–H and O–H groups in total. The van der Waals surface area contributed by atoms with Crippen LogP contribution in [-0.2, 0) is 4.79 Å². The number of halogens is 1. The molecule has 0 fully saturated rings. The van der Waals surface area contributed by atoms with Gasteiger partial charge in [-0.1, -0.05) is 0 Å². The number of unbranched alkanes of at least 4 members (excludes halogenated alkanes) is 1. The molecular weight excluding hydrogens is 463 g/mol. The van der Waals surface area contributed by atoms with Crippen molar-refractivity contribution in [1.29, 1.82) is 0 Å². The van der Waals surface area contributed by atoms with Crippen LogP contribution in [0.5, 0.6) is 0 Å². The van der Waals surface area contributed by atoms with Gasteiger partial charge in [-0.15, -0.1) is 0 Å². The van der Waals surface area contributed by atoms with Gasteiger partial charge in [0.2, 0.25) is 0 Å². The van der Waals surface area contributed by atoms with E-state index in [1.54, 1.807) is 0 Å². The first-order valence-corrected chi connectivity index (χ1v) is 17.7. The van der Waals surface area contributed by atoms with E-state index in [1.807, 2.05) is 18.2 Å². The minimum atomic E-state index is -3.61. The van der Waals surface area contributed by atoms with Crippen molar-refractivity contribution in [2.24, 2.45) is 0 Å². The van der Waals surface area contributed by atoms with Crippen molar-refractivity contribution in [2.45, 2.75) is 24.5 Å². The third-order valence-corrected chi connectivity index (χ3v) is 24.4. The van der Waals surface area contributed by atoms with Crippen molar-refractivity contribution in [3.05, 3.63) is 91.0 Å². The molecule has 0 spiro atoms. The van der Waals surface area contributed by atoms with Gasteiger partial charge in [-0.3, -0.25) is 0 Å². The molecule has 140 valence electrons. The van der Waals surface area contributed by atoms with Crippen molar-refractivity contribution in [1.82, 2.24) is 0 Å². The van der Waals surface area contributed by atoms with Gasteiger partial charge in [0.1, 0.15) is 0 Å². The Bertz CT molecular complexity index is 783. The summed E-state index contributed by atoms with van der Waals surface area (Å²) in [4.78, 5) is 11.0. The zero-order valence-electron chi connectivity index (χ0n) is 15.2. The molecule has 0 aliphatic rings. The molecule has 0 atom stereocenters.